The first-order valence-electron chi connectivity index (χ1n) is 6.84. The summed E-state index contributed by atoms with van der Waals surface area (Å²) >= 11 is 0. The van der Waals surface area contributed by atoms with Crippen LogP contribution < -0.4 is 0 Å². The van der Waals surface area contributed by atoms with Crippen LogP contribution in [0.3, 0.4) is 0 Å². The molecule has 0 rings (SSSR count). The molecule has 0 heterocycles. The first kappa shape index (κ1) is 17.9. The summed E-state index contributed by atoms with van der Waals surface area (Å²) < 4.78 is 0. The van der Waals surface area contributed by atoms with Crippen LogP contribution >= 0.6 is 0 Å². The Hall–Kier alpha value is -0.520. The molecule has 0 amide bonds. The molecule has 0 aromatic carbocycles. The van der Waals surface area contributed by atoms with Crippen molar-refractivity contribution in [3.05, 3.63) is 24.3 Å². The summed E-state index contributed by atoms with van der Waals surface area (Å²) in [5, 5.41) is 0. The van der Waals surface area contributed by atoms with Gasteiger partial charge in [0.1, 0.15) is 0 Å². The van der Waals surface area contributed by atoms with Crippen LogP contribution in [-0.2, 0) is 0 Å². The SMILES string of the molecule is C/C=C/CC(C)CC.C/C=C\CC(C)CC. The van der Waals surface area contributed by atoms with Crippen molar-refractivity contribution in [1.29, 1.82) is 0 Å². The Labute approximate surface area is 104 Å². The standard InChI is InChI=1S/2C8H16/c2*1-4-6-7-8(3)5-2/h2*4,6,8H,5,7H2,1-3H3/b6-4+;6-4-. The summed E-state index contributed by atoms with van der Waals surface area (Å²) in [6, 6.07) is 0. The third kappa shape index (κ3) is 15.9. The van der Waals surface area contributed by atoms with E-state index in [4.69, 9.17) is 0 Å². The van der Waals surface area contributed by atoms with E-state index in [9.17, 15) is 0 Å². The van der Waals surface area contributed by atoms with Gasteiger partial charge in [0.2, 0.25) is 0 Å². The summed E-state index contributed by atoms with van der Waals surface area (Å²) in [5.74, 6) is 1.73. The fourth-order valence-corrected chi connectivity index (χ4v) is 1.07. The van der Waals surface area contributed by atoms with Crippen LogP contribution in [0.15, 0.2) is 24.3 Å². The van der Waals surface area contributed by atoms with Gasteiger partial charge in [0.05, 0.1) is 0 Å². The zero-order valence-corrected chi connectivity index (χ0v) is 12.3. The van der Waals surface area contributed by atoms with Crippen LogP contribution in [0, 0.1) is 11.8 Å². The number of hydrogen-bond donors (Lipinski definition) is 0. The predicted molar refractivity (Wildman–Crippen MR) is 77.8 cm³/mol. The van der Waals surface area contributed by atoms with Crippen molar-refractivity contribution in [3.63, 3.8) is 0 Å². The zero-order valence-electron chi connectivity index (χ0n) is 12.3. The molecule has 0 heteroatoms. The molecule has 0 aromatic rings. The summed E-state index contributed by atoms with van der Waals surface area (Å²) in [6.45, 7) is 13.2. The molecule has 96 valence electrons. The van der Waals surface area contributed by atoms with E-state index in [-0.39, 0.29) is 0 Å². The lowest BCUT2D eigenvalue weighted by molar-refractivity contribution is 0.572. The number of allylic oxidation sites excluding steroid dienone is 4. The minimum atomic E-state index is 0.867. The van der Waals surface area contributed by atoms with Crippen molar-refractivity contribution in [1.82, 2.24) is 0 Å². The Morgan fingerprint density at radius 3 is 1.25 bits per heavy atom. The smallest absolute Gasteiger partial charge is 0.0325 e. The Morgan fingerprint density at radius 1 is 0.750 bits per heavy atom. The highest BCUT2D eigenvalue weighted by Gasteiger charge is 1.91. The lowest BCUT2D eigenvalue weighted by atomic mass is 10.1. The summed E-state index contributed by atoms with van der Waals surface area (Å²) in [5.41, 5.74) is 0. The van der Waals surface area contributed by atoms with Gasteiger partial charge in [-0.05, 0) is 38.5 Å². The monoisotopic (exact) mass is 224 g/mol. The van der Waals surface area contributed by atoms with Gasteiger partial charge in [0.25, 0.3) is 0 Å². The maximum atomic E-state index is 2.28. The average molecular weight is 224 g/mol. The molecular formula is C16H32. The van der Waals surface area contributed by atoms with Crippen molar-refractivity contribution in [3.8, 4) is 0 Å². The maximum absolute atomic E-state index is 2.28. The molecule has 0 aliphatic rings. The normalized spacial score (nSPS) is 14.9. The third-order valence-electron chi connectivity index (χ3n) is 2.94. The topological polar surface area (TPSA) is 0 Å². The molecule has 2 unspecified atom stereocenters. The van der Waals surface area contributed by atoms with Crippen molar-refractivity contribution < 1.29 is 0 Å². The third-order valence-corrected chi connectivity index (χ3v) is 2.94. The van der Waals surface area contributed by atoms with Gasteiger partial charge in [-0.1, -0.05) is 64.8 Å². The van der Waals surface area contributed by atoms with E-state index >= 15 is 0 Å². The van der Waals surface area contributed by atoms with Crippen molar-refractivity contribution in [2.75, 3.05) is 0 Å². The van der Waals surface area contributed by atoms with Crippen LogP contribution in [0.1, 0.15) is 67.2 Å². The van der Waals surface area contributed by atoms with Crippen molar-refractivity contribution >= 4 is 0 Å². The van der Waals surface area contributed by atoms with E-state index in [1.165, 1.54) is 25.7 Å². The Morgan fingerprint density at radius 2 is 1.06 bits per heavy atom. The average Bonchev–Trinajstić information content (AvgIpc) is 2.33. The highest BCUT2D eigenvalue weighted by atomic mass is 14.0. The minimum absolute atomic E-state index is 0.867. The van der Waals surface area contributed by atoms with Gasteiger partial charge in [-0.15, -0.1) is 0 Å². The molecule has 0 aromatic heterocycles. The minimum Gasteiger partial charge on any atom is -0.0917 e. The summed E-state index contributed by atoms with van der Waals surface area (Å²) in [6.07, 6.45) is 13.8. The molecule has 0 saturated carbocycles. The van der Waals surface area contributed by atoms with Crippen LogP contribution in [-0.4, -0.2) is 0 Å². The number of hydrogen-bond acceptors (Lipinski definition) is 0. The first-order chi connectivity index (χ1) is 7.62. The maximum Gasteiger partial charge on any atom is -0.0325 e. The lowest BCUT2D eigenvalue weighted by Crippen LogP contribution is -1.86. The van der Waals surface area contributed by atoms with Gasteiger partial charge in [-0.25, -0.2) is 0 Å². The zero-order chi connectivity index (χ0) is 12.8. The predicted octanol–water partition coefficient (Wildman–Crippen LogP) is 6.00. The molecule has 0 saturated heterocycles. The quantitative estimate of drug-likeness (QED) is 0.486. The molecule has 0 N–H and O–H groups in total. The van der Waals surface area contributed by atoms with Gasteiger partial charge in [-0.2, -0.15) is 0 Å². The van der Waals surface area contributed by atoms with Gasteiger partial charge in [0, 0.05) is 0 Å². The second-order valence-electron chi connectivity index (χ2n) is 4.64. The molecule has 0 spiro atoms. The molecule has 16 heavy (non-hydrogen) atoms. The van der Waals surface area contributed by atoms with Crippen molar-refractivity contribution in [2.45, 2.75) is 67.2 Å². The highest BCUT2D eigenvalue weighted by molar-refractivity contribution is 4.78. The fourth-order valence-electron chi connectivity index (χ4n) is 1.07. The Balaban J connectivity index is 0. The first-order valence-corrected chi connectivity index (χ1v) is 6.84. The second kappa shape index (κ2) is 14.5. The van der Waals surface area contributed by atoms with Crippen LogP contribution in [0.5, 0.6) is 0 Å². The highest BCUT2D eigenvalue weighted by Crippen LogP contribution is 2.06. The van der Waals surface area contributed by atoms with Crippen LogP contribution in [0.4, 0.5) is 0 Å². The summed E-state index contributed by atoms with van der Waals surface area (Å²) in [7, 11) is 0. The Bertz CT molecular complexity index is 145. The molecule has 0 fully saturated rings. The van der Waals surface area contributed by atoms with Gasteiger partial charge < -0.3 is 0 Å². The fraction of sp³-hybridized carbons (Fsp3) is 0.750. The molecule has 0 nitrogen and oxygen atoms in total. The van der Waals surface area contributed by atoms with Crippen molar-refractivity contribution in [2.24, 2.45) is 11.8 Å². The van der Waals surface area contributed by atoms with E-state index in [1.54, 1.807) is 0 Å². The molecule has 0 aliphatic carbocycles. The van der Waals surface area contributed by atoms with Gasteiger partial charge >= 0.3 is 0 Å². The Kier molecular flexibility index (Phi) is 16.2. The lowest BCUT2D eigenvalue weighted by Gasteiger charge is -2.00. The summed E-state index contributed by atoms with van der Waals surface area (Å²) in [4.78, 5) is 0. The molecule has 0 radical (unpaired) electrons. The molecule has 0 bridgehead atoms. The van der Waals surface area contributed by atoms with E-state index in [0.717, 1.165) is 11.8 Å². The molecular weight excluding hydrogens is 192 g/mol. The molecule has 0 aliphatic heterocycles. The molecule has 2 atom stereocenters. The van der Waals surface area contributed by atoms with E-state index in [2.05, 4.69) is 65.8 Å². The van der Waals surface area contributed by atoms with E-state index in [1.807, 2.05) is 0 Å². The van der Waals surface area contributed by atoms with Gasteiger partial charge in [0.15, 0.2) is 0 Å². The van der Waals surface area contributed by atoms with E-state index < -0.39 is 0 Å². The number of rotatable bonds is 6. The van der Waals surface area contributed by atoms with Crippen LogP contribution in [0.25, 0.3) is 0 Å². The van der Waals surface area contributed by atoms with Gasteiger partial charge in [-0.3, -0.25) is 0 Å². The van der Waals surface area contributed by atoms with E-state index in [0.29, 0.717) is 0 Å². The van der Waals surface area contributed by atoms with Crippen LogP contribution in [0.2, 0.25) is 0 Å². The largest absolute Gasteiger partial charge is 0.0917 e. The second-order valence-corrected chi connectivity index (χ2v) is 4.64.